The fourth-order valence-corrected chi connectivity index (χ4v) is 9.00. The maximum absolute atomic E-state index is 14.1. The van der Waals surface area contributed by atoms with Gasteiger partial charge in [0.05, 0.1) is 42.6 Å². The highest BCUT2D eigenvalue weighted by atomic mass is 16.7. The van der Waals surface area contributed by atoms with Crippen molar-refractivity contribution in [1.29, 1.82) is 0 Å². The van der Waals surface area contributed by atoms with Gasteiger partial charge in [-0.25, -0.2) is 0 Å². The second-order valence-electron chi connectivity index (χ2n) is 15.2. The fourth-order valence-electron chi connectivity index (χ4n) is 9.00. The summed E-state index contributed by atoms with van der Waals surface area (Å²) >= 11 is 0. The zero-order chi connectivity index (χ0) is 41.9. The van der Waals surface area contributed by atoms with Crippen molar-refractivity contribution in [3.05, 3.63) is 63.7 Å². The highest BCUT2D eigenvalue weighted by Gasteiger charge is 2.55. The van der Waals surface area contributed by atoms with Crippen LogP contribution in [-0.4, -0.2) is 150 Å². The van der Waals surface area contributed by atoms with E-state index in [0.717, 1.165) is 17.1 Å². The van der Waals surface area contributed by atoms with Gasteiger partial charge in [0.15, 0.2) is 24.6 Å². The molecule has 2 unspecified atom stereocenters. The van der Waals surface area contributed by atoms with Gasteiger partial charge in [0, 0.05) is 93.9 Å². The van der Waals surface area contributed by atoms with E-state index < -0.39 is 107 Å². The molecule has 4 heterocycles. The Morgan fingerprint density at radius 1 is 0.966 bits per heavy atom. The lowest BCUT2D eigenvalue weighted by atomic mass is 9.72. The molecule has 0 spiro atoms. The van der Waals surface area contributed by atoms with E-state index in [2.05, 4.69) is 15.5 Å². The standard InChI is InChI=1S/C40H44N4O15/c1-18-36-21(43-13-14-56-38(55-3)37(43)59-36)15-27(57-18)58-23-17-40(53,39(52)42-11-10-41-24(45)9-12-44-25(46)7-8-26(44)47)16-20-29(23)35(51)31-30(33(20)49)32(48)19-5-4-6-22(54-2)28(19)34(31)50/h4-8,18,21,23,27,36-38,49,51,53H,9-17H2,1-3H3,(H,41,45)(H,42,52)/t18-,21-,23?,27-,36+,37+,38-,40?/m0/s1. The molecule has 2 aromatic carbocycles. The van der Waals surface area contributed by atoms with Crippen molar-refractivity contribution in [2.24, 2.45) is 0 Å². The van der Waals surface area contributed by atoms with E-state index in [-0.39, 0.29) is 72.6 Å². The van der Waals surface area contributed by atoms with Gasteiger partial charge in [-0.1, -0.05) is 12.1 Å². The third-order valence-electron chi connectivity index (χ3n) is 11.8. The number of hydrogen-bond donors (Lipinski definition) is 5. The summed E-state index contributed by atoms with van der Waals surface area (Å²) in [4.78, 5) is 81.0. The number of imide groups is 1. The first-order valence-electron chi connectivity index (χ1n) is 19.3. The molecule has 19 nitrogen and oxygen atoms in total. The first kappa shape index (κ1) is 40.5. The highest BCUT2D eigenvalue weighted by molar-refractivity contribution is 6.31. The van der Waals surface area contributed by atoms with E-state index in [1.165, 1.54) is 32.4 Å². The molecular weight excluding hydrogens is 776 g/mol. The van der Waals surface area contributed by atoms with Gasteiger partial charge in [-0.15, -0.1) is 0 Å². The molecular formula is C40H44N4O15. The van der Waals surface area contributed by atoms with Gasteiger partial charge in [0.25, 0.3) is 17.7 Å². The summed E-state index contributed by atoms with van der Waals surface area (Å²) in [5.74, 6) is -5.29. The van der Waals surface area contributed by atoms with E-state index in [1.807, 2.05) is 6.92 Å². The number of fused-ring (bicyclic) bond motifs is 6. The minimum Gasteiger partial charge on any atom is -0.507 e. The molecule has 8 rings (SSSR count). The van der Waals surface area contributed by atoms with Crippen LogP contribution < -0.4 is 15.4 Å². The lowest BCUT2D eigenvalue weighted by Gasteiger charge is -2.43. The minimum absolute atomic E-state index is 0.0690. The van der Waals surface area contributed by atoms with Gasteiger partial charge < -0.3 is 54.4 Å². The van der Waals surface area contributed by atoms with Crippen molar-refractivity contribution >= 4 is 35.2 Å². The number of phenolic OH excluding ortho intramolecular Hbond substituents is 2. The molecule has 59 heavy (non-hydrogen) atoms. The summed E-state index contributed by atoms with van der Waals surface area (Å²) in [6, 6.07) is 4.17. The van der Waals surface area contributed by atoms with Crippen molar-refractivity contribution in [2.45, 2.75) is 81.4 Å². The van der Waals surface area contributed by atoms with Gasteiger partial charge in [-0.05, 0) is 13.0 Å². The van der Waals surface area contributed by atoms with Crippen molar-refractivity contribution in [2.75, 3.05) is 47.0 Å². The fraction of sp³-hybridized carbons (Fsp3) is 0.500. The predicted molar refractivity (Wildman–Crippen MR) is 198 cm³/mol. The normalized spacial score (nSPS) is 29.7. The molecule has 314 valence electrons. The number of phenols is 2. The van der Waals surface area contributed by atoms with Gasteiger partial charge >= 0.3 is 0 Å². The first-order chi connectivity index (χ1) is 28.3. The summed E-state index contributed by atoms with van der Waals surface area (Å²) in [7, 11) is 2.85. The van der Waals surface area contributed by atoms with Crippen LogP contribution in [0.2, 0.25) is 0 Å². The Morgan fingerprint density at radius 3 is 2.42 bits per heavy atom. The number of carbonyl (C=O) groups excluding carboxylic acids is 6. The maximum atomic E-state index is 14.1. The monoisotopic (exact) mass is 820 g/mol. The van der Waals surface area contributed by atoms with Crippen molar-refractivity contribution < 1.29 is 72.5 Å². The second kappa shape index (κ2) is 15.7. The van der Waals surface area contributed by atoms with Gasteiger partial charge in [0.2, 0.25) is 11.7 Å². The van der Waals surface area contributed by atoms with E-state index in [1.54, 1.807) is 0 Å². The average Bonchev–Trinajstić information content (AvgIpc) is 3.76. The number of morpholine rings is 1. The number of nitrogens with one attached hydrogen (secondary N) is 2. The lowest BCUT2D eigenvalue weighted by Crippen LogP contribution is -2.55. The molecule has 19 heteroatoms. The molecule has 0 saturated carbocycles. The topological polar surface area (TPSA) is 249 Å². The van der Waals surface area contributed by atoms with Crippen LogP contribution >= 0.6 is 0 Å². The largest absolute Gasteiger partial charge is 0.507 e. The van der Waals surface area contributed by atoms with Crippen molar-refractivity contribution in [1.82, 2.24) is 20.4 Å². The third-order valence-corrected chi connectivity index (χ3v) is 11.8. The van der Waals surface area contributed by atoms with E-state index in [4.69, 9.17) is 28.4 Å². The molecule has 2 aromatic rings. The maximum Gasteiger partial charge on any atom is 0.253 e. The van der Waals surface area contributed by atoms with Gasteiger partial charge in [-0.3, -0.25) is 38.6 Å². The summed E-state index contributed by atoms with van der Waals surface area (Å²) < 4.78 is 35.8. The average molecular weight is 821 g/mol. The molecule has 0 radical (unpaired) electrons. The quantitative estimate of drug-likeness (QED) is 0.0946. The Bertz CT molecular complexity index is 2140. The van der Waals surface area contributed by atoms with E-state index in [0.29, 0.717) is 13.2 Å². The van der Waals surface area contributed by atoms with Crippen LogP contribution in [0.25, 0.3) is 0 Å². The second-order valence-corrected chi connectivity index (χ2v) is 15.2. The van der Waals surface area contributed by atoms with Gasteiger partial charge in [-0.2, -0.15) is 0 Å². The molecule has 4 aliphatic heterocycles. The number of amides is 4. The number of carbonyl (C=O) groups is 6. The number of ketones is 2. The van der Waals surface area contributed by atoms with Crippen LogP contribution in [0.3, 0.4) is 0 Å². The first-order valence-corrected chi connectivity index (χ1v) is 19.3. The molecule has 6 aliphatic rings. The van der Waals surface area contributed by atoms with Crippen LogP contribution in [0, 0.1) is 0 Å². The Balaban J connectivity index is 1.06. The summed E-state index contributed by atoms with van der Waals surface area (Å²) in [5.41, 5.74) is -3.72. The zero-order valence-electron chi connectivity index (χ0n) is 32.4. The molecule has 8 atom stereocenters. The minimum atomic E-state index is -2.31. The van der Waals surface area contributed by atoms with E-state index in [9.17, 15) is 44.1 Å². The summed E-state index contributed by atoms with van der Waals surface area (Å²) in [6.45, 7) is 2.37. The molecule has 2 aliphatic carbocycles. The molecule has 3 saturated heterocycles. The molecule has 3 fully saturated rings. The third kappa shape index (κ3) is 6.95. The van der Waals surface area contributed by atoms with Crippen molar-refractivity contribution in [3.8, 4) is 17.2 Å². The Kier molecular flexibility index (Phi) is 10.8. The Hall–Kier alpha value is -5.28. The van der Waals surface area contributed by atoms with E-state index >= 15 is 0 Å². The number of aromatic hydroxyl groups is 2. The number of rotatable bonds is 11. The zero-order valence-corrected chi connectivity index (χ0v) is 32.4. The van der Waals surface area contributed by atoms with Crippen LogP contribution in [0.5, 0.6) is 17.2 Å². The lowest BCUT2D eigenvalue weighted by molar-refractivity contribution is -0.256. The number of benzene rings is 2. The highest BCUT2D eigenvalue weighted by Crippen LogP contribution is 2.53. The number of methoxy groups -OCH3 is 2. The molecule has 0 bridgehead atoms. The van der Waals surface area contributed by atoms with Crippen LogP contribution in [-0.2, 0) is 49.3 Å². The summed E-state index contributed by atoms with van der Waals surface area (Å²) in [6.07, 6.45) is -3.21. The Morgan fingerprint density at radius 2 is 1.69 bits per heavy atom. The number of nitrogens with zero attached hydrogens (tertiary/aromatic N) is 2. The summed E-state index contributed by atoms with van der Waals surface area (Å²) in [5, 5.41) is 41.2. The number of hydrogen-bond acceptors (Lipinski definition) is 16. The molecule has 5 N–H and O–H groups in total. The van der Waals surface area contributed by atoms with Gasteiger partial charge in [0.1, 0.15) is 29.0 Å². The van der Waals surface area contributed by atoms with Crippen LogP contribution in [0.4, 0.5) is 0 Å². The Labute approximate surface area is 337 Å². The number of aliphatic hydroxyl groups is 1. The number of ether oxygens (including phenoxy) is 6. The van der Waals surface area contributed by atoms with Crippen LogP contribution in [0.1, 0.15) is 75.3 Å². The SMILES string of the molecule is COc1cccc2c1C(=O)c1c(O)c3c(c(O)c1C2=O)CC(O)(C(=O)NCCNC(=O)CCN1C(=O)C=CC1=O)CC3O[C@H]1C[C@H]2[C@H](O[C@@H]3[C@@H](OC)OCCN32)[C@H](C)O1. The molecule has 4 amide bonds. The smallest absolute Gasteiger partial charge is 0.253 e. The van der Waals surface area contributed by atoms with Crippen LogP contribution in [0.15, 0.2) is 30.4 Å². The predicted octanol–water partition coefficient (Wildman–Crippen LogP) is -0.303. The van der Waals surface area contributed by atoms with Crippen molar-refractivity contribution in [3.63, 3.8) is 0 Å². The molecule has 0 aromatic heterocycles.